The van der Waals surface area contributed by atoms with E-state index in [0.29, 0.717) is 17.3 Å². The van der Waals surface area contributed by atoms with Gasteiger partial charge in [0.15, 0.2) is 5.16 Å². The van der Waals surface area contributed by atoms with Crippen LogP contribution in [0.25, 0.3) is 0 Å². The van der Waals surface area contributed by atoms with Gasteiger partial charge in [-0.3, -0.25) is 14.9 Å². The second-order valence-electron chi connectivity index (χ2n) is 5.63. The van der Waals surface area contributed by atoms with Gasteiger partial charge in [-0.15, -0.1) is 10.2 Å². The minimum absolute atomic E-state index is 0.0888. The topological polar surface area (TPSA) is 76.9 Å². The van der Waals surface area contributed by atoms with Gasteiger partial charge in [-0.2, -0.15) is 0 Å². The number of imide groups is 1. The van der Waals surface area contributed by atoms with Gasteiger partial charge >= 0.3 is 0 Å². The van der Waals surface area contributed by atoms with Gasteiger partial charge in [0.25, 0.3) is 5.91 Å². The number of carbonyl (C=O) groups excluding carboxylic acids is 2. The third kappa shape index (κ3) is 4.58. The highest BCUT2D eigenvalue weighted by atomic mass is 32.2. The first kappa shape index (κ1) is 17.9. The van der Waals surface area contributed by atoms with E-state index in [2.05, 4.69) is 15.5 Å². The van der Waals surface area contributed by atoms with Crippen LogP contribution in [0, 0.1) is 6.92 Å². The standard InChI is InChI=1S/C19H18N4O2S/c1-14-21-22-19(23(14)12-15-8-4-2-5-9-15)26-13-17(24)20-18(25)16-10-6-3-7-11-16/h2-11H,12-13H2,1H3,(H,20,24,25). The molecule has 2 amide bonds. The molecule has 6 nitrogen and oxygen atoms in total. The summed E-state index contributed by atoms with van der Waals surface area (Å²) in [4.78, 5) is 24.1. The second-order valence-corrected chi connectivity index (χ2v) is 6.58. The quantitative estimate of drug-likeness (QED) is 0.679. The summed E-state index contributed by atoms with van der Waals surface area (Å²) in [6, 6.07) is 18.6. The fraction of sp³-hybridized carbons (Fsp3) is 0.158. The first-order valence-electron chi connectivity index (χ1n) is 8.09. The predicted molar refractivity (Wildman–Crippen MR) is 99.9 cm³/mol. The third-order valence-corrected chi connectivity index (χ3v) is 4.67. The van der Waals surface area contributed by atoms with Crippen molar-refractivity contribution < 1.29 is 9.59 Å². The van der Waals surface area contributed by atoms with Crippen molar-refractivity contribution in [2.24, 2.45) is 0 Å². The van der Waals surface area contributed by atoms with Gasteiger partial charge in [0, 0.05) is 5.56 Å². The Morgan fingerprint density at radius 2 is 1.65 bits per heavy atom. The number of nitrogens with one attached hydrogen (secondary N) is 1. The molecule has 132 valence electrons. The number of carbonyl (C=O) groups is 2. The van der Waals surface area contributed by atoms with Crippen molar-refractivity contribution in [1.82, 2.24) is 20.1 Å². The highest BCUT2D eigenvalue weighted by Gasteiger charge is 2.14. The van der Waals surface area contributed by atoms with Crippen LogP contribution in [-0.4, -0.2) is 32.3 Å². The van der Waals surface area contributed by atoms with Crippen molar-refractivity contribution in [2.45, 2.75) is 18.6 Å². The number of nitrogens with zero attached hydrogens (tertiary/aromatic N) is 3. The van der Waals surface area contributed by atoms with Crippen LogP contribution >= 0.6 is 11.8 Å². The zero-order chi connectivity index (χ0) is 18.4. The van der Waals surface area contributed by atoms with E-state index >= 15 is 0 Å². The SMILES string of the molecule is Cc1nnc(SCC(=O)NC(=O)c2ccccc2)n1Cc1ccccc1. The molecule has 0 aliphatic heterocycles. The summed E-state index contributed by atoms with van der Waals surface area (Å²) in [5.41, 5.74) is 1.58. The van der Waals surface area contributed by atoms with Crippen molar-refractivity contribution in [2.75, 3.05) is 5.75 Å². The van der Waals surface area contributed by atoms with Crippen molar-refractivity contribution in [3.05, 3.63) is 77.6 Å². The van der Waals surface area contributed by atoms with E-state index in [9.17, 15) is 9.59 Å². The molecule has 0 saturated heterocycles. The van der Waals surface area contributed by atoms with Gasteiger partial charge in [0.2, 0.25) is 5.91 Å². The number of hydrogen-bond donors (Lipinski definition) is 1. The molecular weight excluding hydrogens is 348 g/mol. The minimum atomic E-state index is -0.405. The number of hydrogen-bond acceptors (Lipinski definition) is 5. The van der Waals surface area contributed by atoms with Crippen LogP contribution in [0.2, 0.25) is 0 Å². The average Bonchev–Trinajstić information content (AvgIpc) is 3.01. The molecule has 1 heterocycles. The lowest BCUT2D eigenvalue weighted by Gasteiger charge is -2.08. The molecule has 0 aliphatic rings. The van der Waals surface area contributed by atoms with Crippen molar-refractivity contribution >= 4 is 23.6 Å². The Morgan fingerprint density at radius 3 is 2.35 bits per heavy atom. The number of aromatic nitrogens is 3. The van der Waals surface area contributed by atoms with Gasteiger partial charge < -0.3 is 4.57 Å². The molecule has 1 aromatic heterocycles. The van der Waals surface area contributed by atoms with E-state index in [1.54, 1.807) is 24.3 Å². The summed E-state index contributed by atoms with van der Waals surface area (Å²) in [6.45, 7) is 2.51. The van der Waals surface area contributed by atoms with E-state index in [0.717, 1.165) is 11.4 Å². The Morgan fingerprint density at radius 1 is 1.00 bits per heavy atom. The van der Waals surface area contributed by atoms with Crippen LogP contribution in [0.15, 0.2) is 65.8 Å². The van der Waals surface area contributed by atoms with E-state index in [4.69, 9.17) is 0 Å². The summed E-state index contributed by atoms with van der Waals surface area (Å²) >= 11 is 1.26. The van der Waals surface area contributed by atoms with Crippen molar-refractivity contribution in [3.63, 3.8) is 0 Å². The molecule has 0 spiro atoms. The molecule has 0 atom stereocenters. The highest BCUT2D eigenvalue weighted by molar-refractivity contribution is 7.99. The monoisotopic (exact) mass is 366 g/mol. The second kappa shape index (κ2) is 8.44. The summed E-state index contributed by atoms with van der Waals surface area (Å²) < 4.78 is 1.95. The number of benzene rings is 2. The van der Waals surface area contributed by atoms with E-state index in [-0.39, 0.29) is 11.7 Å². The maximum absolute atomic E-state index is 12.1. The molecule has 0 bridgehead atoms. The van der Waals surface area contributed by atoms with E-state index < -0.39 is 5.91 Å². The van der Waals surface area contributed by atoms with Crippen LogP contribution in [-0.2, 0) is 11.3 Å². The van der Waals surface area contributed by atoms with Gasteiger partial charge in [-0.05, 0) is 24.6 Å². The molecule has 0 radical (unpaired) electrons. The maximum Gasteiger partial charge on any atom is 0.257 e. The van der Waals surface area contributed by atoms with Crippen LogP contribution in [0.3, 0.4) is 0 Å². The molecule has 0 fully saturated rings. The third-order valence-electron chi connectivity index (χ3n) is 3.71. The van der Waals surface area contributed by atoms with Gasteiger partial charge in [-0.25, -0.2) is 0 Å². The van der Waals surface area contributed by atoms with E-state index in [1.807, 2.05) is 47.9 Å². The van der Waals surface area contributed by atoms with Crippen LogP contribution in [0.4, 0.5) is 0 Å². The summed E-state index contributed by atoms with van der Waals surface area (Å²) in [6.07, 6.45) is 0. The largest absolute Gasteiger partial charge is 0.302 e. The molecule has 0 aliphatic carbocycles. The summed E-state index contributed by atoms with van der Waals surface area (Å²) in [7, 11) is 0. The number of aryl methyl sites for hydroxylation is 1. The van der Waals surface area contributed by atoms with Gasteiger partial charge in [-0.1, -0.05) is 60.3 Å². The zero-order valence-corrected chi connectivity index (χ0v) is 15.1. The van der Waals surface area contributed by atoms with Crippen molar-refractivity contribution in [1.29, 1.82) is 0 Å². The highest BCUT2D eigenvalue weighted by Crippen LogP contribution is 2.18. The Labute approximate surface area is 155 Å². The van der Waals surface area contributed by atoms with Crippen molar-refractivity contribution in [3.8, 4) is 0 Å². The Hall–Kier alpha value is -2.93. The Balaban J connectivity index is 1.59. The average molecular weight is 366 g/mol. The van der Waals surface area contributed by atoms with Gasteiger partial charge in [0.05, 0.1) is 12.3 Å². The molecule has 0 saturated carbocycles. The normalized spacial score (nSPS) is 10.5. The van der Waals surface area contributed by atoms with Crippen LogP contribution < -0.4 is 5.32 Å². The van der Waals surface area contributed by atoms with Crippen LogP contribution in [0.5, 0.6) is 0 Å². The molecular formula is C19H18N4O2S. The summed E-state index contributed by atoms with van der Waals surface area (Å²) in [5, 5.41) is 11.3. The first-order valence-corrected chi connectivity index (χ1v) is 9.08. The molecule has 3 rings (SSSR count). The molecule has 7 heteroatoms. The molecule has 0 unspecified atom stereocenters. The number of rotatable bonds is 6. The van der Waals surface area contributed by atoms with Crippen LogP contribution in [0.1, 0.15) is 21.7 Å². The van der Waals surface area contributed by atoms with Gasteiger partial charge in [0.1, 0.15) is 5.82 Å². The molecule has 3 aromatic rings. The number of amides is 2. The number of thioether (sulfide) groups is 1. The zero-order valence-electron chi connectivity index (χ0n) is 14.3. The smallest absolute Gasteiger partial charge is 0.257 e. The molecule has 2 aromatic carbocycles. The Kier molecular flexibility index (Phi) is 5.80. The lowest BCUT2D eigenvalue weighted by atomic mass is 10.2. The fourth-order valence-electron chi connectivity index (χ4n) is 2.37. The van der Waals surface area contributed by atoms with E-state index in [1.165, 1.54) is 11.8 Å². The maximum atomic E-state index is 12.1. The lowest BCUT2D eigenvalue weighted by Crippen LogP contribution is -2.31. The minimum Gasteiger partial charge on any atom is -0.302 e. The fourth-order valence-corrected chi connectivity index (χ4v) is 3.15. The molecule has 26 heavy (non-hydrogen) atoms. The first-order chi connectivity index (χ1) is 12.6. The summed E-state index contributed by atoms with van der Waals surface area (Å²) in [5.74, 6) is 0.0944. The Bertz CT molecular complexity index is 894. The lowest BCUT2D eigenvalue weighted by molar-refractivity contribution is -0.117. The predicted octanol–water partition coefficient (Wildman–Crippen LogP) is 2.68. The molecule has 1 N–H and O–H groups in total.